The number of benzene rings is 1. The Hall–Kier alpha value is -2.03. The molecule has 0 saturated heterocycles. The highest BCUT2D eigenvalue weighted by Crippen LogP contribution is 1.92. The number of carbonyl (C=O) groups excluding carboxylic acids is 1. The maximum absolute atomic E-state index is 10.5. The van der Waals surface area contributed by atoms with Crippen molar-refractivity contribution in [3.63, 3.8) is 0 Å². The number of hydrogen-bond donors (Lipinski definition) is 1. The van der Waals surface area contributed by atoms with E-state index in [0.717, 1.165) is 0 Å². The second-order valence-corrected chi connectivity index (χ2v) is 3.21. The average Bonchev–Trinajstić information content (AvgIpc) is 2.35. The first-order valence-electron chi connectivity index (χ1n) is 5.34. The Morgan fingerprint density at radius 1 is 1.29 bits per heavy atom. The van der Waals surface area contributed by atoms with Crippen molar-refractivity contribution in [3.8, 4) is 0 Å². The molecule has 1 N–H and O–H groups in total. The van der Waals surface area contributed by atoms with Gasteiger partial charge in [-0.1, -0.05) is 54.6 Å². The van der Waals surface area contributed by atoms with Gasteiger partial charge in [-0.25, -0.2) is 4.79 Å². The van der Waals surface area contributed by atoms with Crippen LogP contribution in [0, 0.1) is 6.92 Å². The van der Waals surface area contributed by atoms with Gasteiger partial charge < -0.3 is 10.1 Å². The normalized spacial score (nSPS) is 8.29. The molecule has 0 fully saturated rings. The fourth-order valence-electron chi connectivity index (χ4n) is 0.876. The van der Waals surface area contributed by atoms with Gasteiger partial charge in [-0.2, -0.15) is 0 Å². The molecule has 0 unspecified atom stereocenters. The molecule has 0 aliphatic rings. The first-order chi connectivity index (χ1) is 8.20. The van der Waals surface area contributed by atoms with Crippen molar-refractivity contribution in [2.24, 2.45) is 0 Å². The Labute approximate surface area is 103 Å². The van der Waals surface area contributed by atoms with E-state index >= 15 is 0 Å². The van der Waals surface area contributed by atoms with Crippen molar-refractivity contribution in [2.45, 2.75) is 6.92 Å². The molecule has 92 valence electrons. The van der Waals surface area contributed by atoms with Gasteiger partial charge in [-0.05, 0) is 6.92 Å². The number of rotatable bonds is 4. The lowest BCUT2D eigenvalue weighted by atomic mass is 10.2. The highest BCUT2D eigenvalue weighted by molar-refractivity contribution is 5.67. The standard InChI is InChI=1S/C7H11NO2.C7H8/c1-3-5-8-7(9)10-6-4-2;1-7-5-3-2-4-6-7/h3-4H,1-2,5-6H2,(H,8,9);2-6H,1H3. The van der Waals surface area contributed by atoms with Gasteiger partial charge in [0.1, 0.15) is 6.61 Å². The Morgan fingerprint density at radius 3 is 2.35 bits per heavy atom. The van der Waals surface area contributed by atoms with E-state index in [1.54, 1.807) is 6.08 Å². The molecule has 0 spiro atoms. The maximum atomic E-state index is 10.5. The molecule has 17 heavy (non-hydrogen) atoms. The SMILES string of the molecule is C=CCNC(=O)OCC=C.Cc1ccccc1. The second-order valence-electron chi connectivity index (χ2n) is 3.21. The summed E-state index contributed by atoms with van der Waals surface area (Å²) in [6.45, 7) is 9.56. The molecule has 1 amide bonds. The number of alkyl carbamates (subject to hydrolysis) is 1. The van der Waals surface area contributed by atoms with Crippen molar-refractivity contribution in [1.82, 2.24) is 5.32 Å². The molecule has 1 aromatic carbocycles. The van der Waals surface area contributed by atoms with Crippen molar-refractivity contribution in [3.05, 3.63) is 61.2 Å². The molecule has 0 aromatic heterocycles. The zero-order valence-corrected chi connectivity index (χ0v) is 10.2. The van der Waals surface area contributed by atoms with Gasteiger partial charge in [0, 0.05) is 6.54 Å². The van der Waals surface area contributed by atoms with Crippen LogP contribution in [-0.2, 0) is 4.74 Å². The van der Waals surface area contributed by atoms with Gasteiger partial charge in [0.15, 0.2) is 0 Å². The lowest BCUT2D eigenvalue weighted by Crippen LogP contribution is -2.24. The predicted molar refractivity (Wildman–Crippen MR) is 70.9 cm³/mol. The minimum absolute atomic E-state index is 0.239. The molecule has 3 nitrogen and oxygen atoms in total. The van der Waals surface area contributed by atoms with Crippen LogP contribution in [0.3, 0.4) is 0 Å². The Balaban J connectivity index is 0.000000318. The number of nitrogens with one attached hydrogen (secondary N) is 1. The monoisotopic (exact) mass is 233 g/mol. The van der Waals surface area contributed by atoms with Crippen LogP contribution >= 0.6 is 0 Å². The molecule has 0 radical (unpaired) electrons. The van der Waals surface area contributed by atoms with Crippen LogP contribution in [0.2, 0.25) is 0 Å². The Morgan fingerprint density at radius 2 is 1.94 bits per heavy atom. The molecule has 0 aliphatic heterocycles. The van der Waals surface area contributed by atoms with E-state index in [0.29, 0.717) is 6.54 Å². The van der Waals surface area contributed by atoms with Gasteiger partial charge in [-0.3, -0.25) is 0 Å². The highest BCUT2D eigenvalue weighted by Gasteiger charge is 1.94. The molecule has 3 heteroatoms. The van der Waals surface area contributed by atoms with Crippen LogP contribution in [-0.4, -0.2) is 19.2 Å². The van der Waals surface area contributed by atoms with E-state index in [9.17, 15) is 4.79 Å². The average molecular weight is 233 g/mol. The lowest BCUT2D eigenvalue weighted by Gasteiger charge is -2.00. The molecule has 1 rings (SSSR count). The summed E-state index contributed by atoms with van der Waals surface area (Å²) in [4.78, 5) is 10.5. The highest BCUT2D eigenvalue weighted by atomic mass is 16.5. The summed E-state index contributed by atoms with van der Waals surface area (Å²) in [6.07, 6.45) is 2.64. The predicted octanol–water partition coefficient (Wildman–Crippen LogP) is 3.08. The van der Waals surface area contributed by atoms with Crippen LogP contribution < -0.4 is 5.32 Å². The molecule has 0 saturated carbocycles. The number of ether oxygens (including phenoxy) is 1. The fraction of sp³-hybridized carbons (Fsp3) is 0.214. The Kier molecular flexibility index (Phi) is 9.23. The largest absolute Gasteiger partial charge is 0.445 e. The van der Waals surface area contributed by atoms with Gasteiger partial charge in [0.05, 0.1) is 0 Å². The first kappa shape index (κ1) is 15.0. The van der Waals surface area contributed by atoms with E-state index in [-0.39, 0.29) is 6.61 Å². The summed E-state index contributed by atoms with van der Waals surface area (Å²) in [5.74, 6) is 0. The van der Waals surface area contributed by atoms with E-state index in [2.05, 4.69) is 42.3 Å². The molecular formula is C14H19NO2. The number of aryl methyl sites for hydroxylation is 1. The molecule has 0 bridgehead atoms. The van der Waals surface area contributed by atoms with Crippen LogP contribution in [0.25, 0.3) is 0 Å². The number of carbonyl (C=O) groups is 1. The molecule has 0 heterocycles. The lowest BCUT2D eigenvalue weighted by molar-refractivity contribution is 0.159. The molecule has 0 aliphatic carbocycles. The number of hydrogen-bond acceptors (Lipinski definition) is 2. The van der Waals surface area contributed by atoms with Gasteiger partial charge in [0.25, 0.3) is 0 Å². The molecular weight excluding hydrogens is 214 g/mol. The summed E-state index contributed by atoms with van der Waals surface area (Å²) in [5, 5.41) is 2.44. The van der Waals surface area contributed by atoms with Crippen LogP contribution in [0.5, 0.6) is 0 Å². The zero-order chi connectivity index (χ0) is 12.9. The van der Waals surface area contributed by atoms with Gasteiger partial charge in [0.2, 0.25) is 0 Å². The quantitative estimate of drug-likeness (QED) is 0.812. The summed E-state index contributed by atoms with van der Waals surface area (Å²) < 4.78 is 4.58. The van der Waals surface area contributed by atoms with Gasteiger partial charge >= 0.3 is 6.09 Å². The smallest absolute Gasteiger partial charge is 0.407 e. The summed E-state index contributed by atoms with van der Waals surface area (Å²) >= 11 is 0. The van der Waals surface area contributed by atoms with E-state index in [4.69, 9.17) is 0 Å². The van der Waals surface area contributed by atoms with Crippen molar-refractivity contribution < 1.29 is 9.53 Å². The van der Waals surface area contributed by atoms with E-state index < -0.39 is 6.09 Å². The molecule has 1 aromatic rings. The zero-order valence-electron chi connectivity index (χ0n) is 10.2. The minimum atomic E-state index is -0.445. The summed E-state index contributed by atoms with van der Waals surface area (Å²) in [6, 6.07) is 10.3. The third-order valence-electron chi connectivity index (χ3n) is 1.66. The van der Waals surface area contributed by atoms with Gasteiger partial charge in [-0.15, -0.1) is 6.58 Å². The van der Waals surface area contributed by atoms with Crippen molar-refractivity contribution >= 4 is 6.09 Å². The Bertz CT molecular complexity index is 319. The van der Waals surface area contributed by atoms with Crippen molar-refractivity contribution in [2.75, 3.05) is 13.2 Å². The summed E-state index contributed by atoms with van der Waals surface area (Å²) in [7, 11) is 0. The first-order valence-corrected chi connectivity index (χ1v) is 5.34. The summed E-state index contributed by atoms with van der Waals surface area (Å²) in [5.41, 5.74) is 1.32. The number of amides is 1. The van der Waals surface area contributed by atoms with Crippen LogP contribution in [0.4, 0.5) is 4.79 Å². The van der Waals surface area contributed by atoms with E-state index in [1.165, 1.54) is 11.6 Å². The third kappa shape index (κ3) is 10.3. The fourth-order valence-corrected chi connectivity index (χ4v) is 0.876. The third-order valence-corrected chi connectivity index (χ3v) is 1.66. The topological polar surface area (TPSA) is 38.3 Å². The van der Waals surface area contributed by atoms with Crippen LogP contribution in [0.1, 0.15) is 5.56 Å². The minimum Gasteiger partial charge on any atom is -0.445 e. The maximum Gasteiger partial charge on any atom is 0.407 e. The molecule has 0 atom stereocenters. The van der Waals surface area contributed by atoms with Crippen LogP contribution in [0.15, 0.2) is 55.6 Å². The second kappa shape index (κ2) is 10.5. The van der Waals surface area contributed by atoms with Crippen molar-refractivity contribution in [1.29, 1.82) is 0 Å². The van der Waals surface area contributed by atoms with E-state index in [1.807, 2.05) is 18.2 Å².